The summed E-state index contributed by atoms with van der Waals surface area (Å²) in [4.78, 5) is 9.00. The van der Waals surface area contributed by atoms with Crippen LogP contribution in [0.15, 0.2) is 4.99 Å². The molecule has 18 heavy (non-hydrogen) atoms. The largest absolute Gasteiger partial charge is 0.370 e. The molecule has 0 saturated carbocycles. The summed E-state index contributed by atoms with van der Waals surface area (Å²) in [5.41, 5.74) is 5.99. The van der Waals surface area contributed by atoms with Gasteiger partial charge in [-0.1, -0.05) is 6.92 Å². The third-order valence-corrected chi connectivity index (χ3v) is 4.35. The molecule has 1 aliphatic rings. The van der Waals surface area contributed by atoms with Crippen molar-refractivity contribution in [2.24, 2.45) is 10.7 Å². The van der Waals surface area contributed by atoms with Gasteiger partial charge in [0.1, 0.15) is 0 Å². The first kappa shape index (κ1) is 18.3. The van der Waals surface area contributed by atoms with Crippen molar-refractivity contribution < 1.29 is 0 Å². The predicted octanol–water partition coefficient (Wildman–Crippen LogP) is 1.70. The molecule has 0 aromatic rings. The average Bonchev–Trinajstić information content (AvgIpc) is 2.38. The zero-order valence-electron chi connectivity index (χ0n) is 11.8. The van der Waals surface area contributed by atoms with E-state index in [9.17, 15) is 0 Å². The summed E-state index contributed by atoms with van der Waals surface area (Å²) in [6.45, 7) is 8.33. The van der Waals surface area contributed by atoms with E-state index >= 15 is 0 Å². The van der Waals surface area contributed by atoms with Gasteiger partial charge < -0.3 is 15.5 Å². The van der Waals surface area contributed by atoms with Gasteiger partial charge in [0.2, 0.25) is 0 Å². The maximum atomic E-state index is 5.99. The van der Waals surface area contributed by atoms with E-state index in [0.717, 1.165) is 32.1 Å². The minimum Gasteiger partial charge on any atom is -0.370 e. The number of hydrogen-bond acceptors (Lipinski definition) is 3. The molecule has 1 saturated heterocycles. The number of nitrogens with two attached hydrogens (primary N) is 1. The second kappa shape index (κ2) is 10.1. The zero-order valence-corrected chi connectivity index (χ0v) is 14.9. The Labute approximate surface area is 133 Å². The van der Waals surface area contributed by atoms with Crippen LogP contribution in [0, 0.1) is 0 Å². The summed E-state index contributed by atoms with van der Waals surface area (Å²) >= 11 is 1.99. The zero-order chi connectivity index (χ0) is 12.7. The van der Waals surface area contributed by atoms with Crippen molar-refractivity contribution in [2.45, 2.75) is 26.3 Å². The maximum Gasteiger partial charge on any atom is 0.191 e. The van der Waals surface area contributed by atoms with Crippen LogP contribution >= 0.6 is 35.7 Å². The SMILES string of the molecule is CCC(C)N(C)CCN=C(N)N1CCSCC1.I. The summed E-state index contributed by atoms with van der Waals surface area (Å²) < 4.78 is 0. The lowest BCUT2D eigenvalue weighted by atomic mass is 10.2. The van der Waals surface area contributed by atoms with Crippen molar-refractivity contribution in [3.8, 4) is 0 Å². The predicted molar refractivity (Wildman–Crippen MR) is 93.2 cm³/mol. The Morgan fingerprint density at radius 3 is 2.61 bits per heavy atom. The number of guanidine groups is 1. The van der Waals surface area contributed by atoms with E-state index < -0.39 is 0 Å². The normalized spacial score (nSPS) is 18.7. The highest BCUT2D eigenvalue weighted by molar-refractivity contribution is 14.0. The Kier molecular flexibility index (Phi) is 10.3. The van der Waals surface area contributed by atoms with Crippen molar-refractivity contribution in [3.05, 3.63) is 0 Å². The first-order valence-corrected chi connectivity index (χ1v) is 7.63. The van der Waals surface area contributed by atoms with E-state index in [1.165, 1.54) is 17.9 Å². The molecular weight excluding hydrogens is 359 g/mol. The second-order valence-corrected chi connectivity index (χ2v) is 5.80. The van der Waals surface area contributed by atoms with Gasteiger partial charge in [-0.25, -0.2) is 0 Å². The Bertz CT molecular complexity index is 244. The maximum absolute atomic E-state index is 5.99. The van der Waals surface area contributed by atoms with E-state index in [1.807, 2.05) is 11.8 Å². The molecule has 1 heterocycles. The van der Waals surface area contributed by atoms with Crippen molar-refractivity contribution in [2.75, 3.05) is 44.7 Å². The molecule has 4 nitrogen and oxygen atoms in total. The topological polar surface area (TPSA) is 44.9 Å². The van der Waals surface area contributed by atoms with Crippen LogP contribution < -0.4 is 5.73 Å². The summed E-state index contributed by atoms with van der Waals surface area (Å²) in [6.07, 6.45) is 1.18. The summed E-state index contributed by atoms with van der Waals surface area (Å²) in [5.74, 6) is 3.06. The fraction of sp³-hybridized carbons (Fsp3) is 0.917. The third kappa shape index (κ3) is 6.47. The highest BCUT2D eigenvalue weighted by Gasteiger charge is 2.12. The highest BCUT2D eigenvalue weighted by atomic mass is 127. The van der Waals surface area contributed by atoms with E-state index in [2.05, 4.69) is 35.7 Å². The first-order valence-electron chi connectivity index (χ1n) is 6.48. The van der Waals surface area contributed by atoms with E-state index in [-0.39, 0.29) is 24.0 Å². The summed E-state index contributed by atoms with van der Waals surface area (Å²) in [7, 11) is 2.15. The lowest BCUT2D eigenvalue weighted by Gasteiger charge is -2.27. The molecule has 1 rings (SSSR count). The molecule has 0 bridgehead atoms. The van der Waals surface area contributed by atoms with Gasteiger partial charge in [0, 0.05) is 37.2 Å². The van der Waals surface area contributed by atoms with Gasteiger partial charge in [0.15, 0.2) is 5.96 Å². The van der Waals surface area contributed by atoms with Crippen LogP contribution in [-0.2, 0) is 0 Å². The van der Waals surface area contributed by atoms with Crippen LogP contribution in [0.1, 0.15) is 20.3 Å². The Balaban J connectivity index is 0.00000289. The molecule has 1 aliphatic heterocycles. The molecule has 0 spiro atoms. The van der Waals surface area contributed by atoms with E-state index in [0.29, 0.717) is 6.04 Å². The molecule has 1 fully saturated rings. The molecule has 0 amide bonds. The van der Waals surface area contributed by atoms with Crippen molar-refractivity contribution >= 4 is 41.7 Å². The van der Waals surface area contributed by atoms with Crippen molar-refractivity contribution in [3.63, 3.8) is 0 Å². The fourth-order valence-electron chi connectivity index (χ4n) is 1.75. The van der Waals surface area contributed by atoms with Gasteiger partial charge in [-0.05, 0) is 20.4 Å². The van der Waals surface area contributed by atoms with Gasteiger partial charge in [-0.2, -0.15) is 11.8 Å². The molecule has 0 aliphatic carbocycles. The molecule has 1 unspecified atom stereocenters. The minimum atomic E-state index is 0. The van der Waals surface area contributed by atoms with E-state index in [1.54, 1.807) is 0 Å². The molecule has 0 aromatic carbocycles. The van der Waals surface area contributed by atoms with Gasteiger partial charge in [-0.15, -0.1) is 24.0 Å². The summed E-state index contributed by atoms with van der Waals surface area (Å²) in [6, 6.07) is 0.623. The van der Waals surface area contributed by atoms with Crippen molar-refractivity contribution in [1.29, 1.82) is 0 Å². The molecular formula is C12H27IN4S. The standard InChI is InChI=1S/C12H26N4S.HI/c1-4-11(2)15(3)6-5-14-12(13)16-7-9-17-10-8-16;/h11H,4-10H2,1-3H3,(H2,13,14);1H. The Morgan fingerprint density at radius 2 is 2.06 bits per heavy atom. The van der Waals surface area contributed by atoms with Crippen LogP contribution in [0.25, 0.3) is 0 Å². The van der Waals surface area contributed by atoms with E-state index in [4.69, 9.17) is 5.73 Å². The van der Waals surface area contributed by atoms with Crippen molar-refractivity contribution in [1.82, 2.24) is 9.80 Å². The smallest absolute Gasteiger partial charge is 0.191 e. The van der Waals surface area contributed by atoms with Crippen LogP contribution in [0.4, 0.5) is 0 Å². The number of halogens is 1. The number of nitrogens with zero attached hydrogens (tertiary/aromatic N) is 3. The van der Waals surface area contributed by atoms with Gasteiger partial charge in [0.25, 0.3) is 0 Å². The van der Waals surface area contributed by atoms with Crippen LogP contribution in [0.5, 0.6) is 0 Å². The average molecular weight is 386 g/mol. The molecule has 0 aromatic heterocycles. The number of hydrogen-bond donors (Lipinski definition) is 1. The van der Waals surface area contributed by atoms with Gasteiger partial charge >= 0.3 is 0 Å². The Hall–Kier alpha value is 0.310. The minimum absolute atomic E-state index is 0. The van der Waals surface area contributed by atoms with Crippen LogP contribution in [0.3, 0.4) is 0 Å². The third-order valence-electron chi connectivity index (χ3n) is 3.40. The molecule has 0 radical (unpaired) electrons. The first-order chi connectivity index (χ1) is 8.15. The number of aliphatic imine (C=N–C) groups is 1. The van der Waals surface area contributed by atoms with Gasteiger partial charge in [0.05, 0.1) is 6.54 Å². The molecule has 2 N–H and O–H groups in total. The molecule has 1 atom stereocenters. The second-order valence-electron chi connectivity index (χ2n) is 4.58. The van der Waals surface area contributed by atoms with Crippen LogP contribution in [-0.4, -0.2) is 66.5 Å². The summed E-state index contributed by atoms with van der Waals surface area (Å²) in [5, 5.41) is 0. The number of likely N-dealkylation sites (N-methyl/N-ethyl adjacent to an activating group) is 1. The Morgan fingerprint density at radius 1 is 1.44 bits per heavy atom. The lowest BCUT2D eigenvalue weighted by Crippen LogP contribution is -2.43. The lowest BCUT2D eigenvalue weighted by molar-refractivity contribution is 0.259. The van der Waals surface area contributed by atoms with Crippen LogP contribution in [0.2, 0.25) is 0 Å². The quantitative estimate of drug-likeness (QED) is 0.444. The molecule has 6 heteroatoms. The fourth-order valence-corrected chi connectivity index (χ4v) is 2.65. The number of rotatable bonds is 5. The van der Waals surface area contributed by atoms with Gasteiger partial charge in [-0.3, -0.25) is 4.99 Å². The highest BCUT2D eigenvalue weighted by Crippen LogP contribution is 2.08. The number of thioether (sulfide) groups is 1. The monoisotopic (exact) mass is 386 g/mol. The molecule has 108 valence electrons.